The summed E-state index contributed by atoms with van der Waals surface area (Å²) in [5.74, 6) is 4.95. The van der Waals surface area contributed by atoms with Gasteiger partial charge in [0.25, 0.3) is 0 Å². The van der Waals surface area contributed by atoms with Crippen LogP contribution in [0.5, 0.6) is 0 Å². The van der Waals surface area contributed by atoms with Crippen molar-refractivity contribution in [3.63, 3.8) is 0 Å². The zero-order valence-corrected chi connectivity index (χ0v) is 10.6. The van der Waals surface area contributed by atoms with E-state index in [1.165, 1.54) is 32.1 Å². The Balaban J connectivity index is 2.02. The van der Waals surface area contributed by atoms with Crippen LogP contribution in [0.3, 0.4) is 0 Å². The van der Waals surface area contributed by atoms with Gasteiger partial charge in [0, 0.05) is 0 Å². The van der Waals surface area contributed by atoms with E-state index < -0.39 is 0 Å². The van der Waals surface area contributed by atoms with E-state index in [9.17, 15) is 0 Å². The molecule has 0 saturated heterocycles. The second-order valence-corrected chi connectivity index (χ2v) is 6.05. The van der Waals surface area contributed by atoms with Gasteiger partial charge in [0.05, 0.1) is 0 Å². The third-order valence-electron chi connectivity index (χ3n) is 4.72. The second kappa shape index (κ2) is 4.72. The molecule has 0 heterocycles. The summed E-state index contributed by atoms with van der Waals surface area (Å²) in [6, 6.07) is 0. The molecule has 0 aromatic heterocycles. The van der Waals surface area contributed by atoms with Gasteiger partial charge in [-0.25, -0.2) is 0 Å². The molecule has 1 fully saturated rings. The Hall–Kier alpha value is -0.260. The lowest BCUT2D eigenvalue weighted by atomic mass is 9.77. The number of hydrogen-bond acceptors (Lipinski definition) is 0. The molecule has 2 rings (SSSR count). The minimum absolute atomic E-state index is 0.870. The predicted molar refractivity (Wildman–Crippen MR) is 66.7 cm³/mol. The zero-order chi connectivity index (χ0) is 10.8. The molecule has 2 aliphatic rings. The maximum atomic E-state index is 2.51. The normalized spacial score (nSPS) is 43.5. The van der Waals surface area contributed by atoms with Gasteiger partial charge in [-0.3, -0.25) is 0 Å². The standard InChI is InChI=1S/C15H26/c1-11(2)14-9-7-5-4-6-8-13-10-15(13)12(14)3/h4-5,11-15H,6-10H2,1-3H3/b5-4+. The largest absolute Gasteiger partial charge is 0.0885 e. The highest BCUT2D eigenvalue weighted by atomic mass is 14.5. The van der Waals surface area contributed by atoms with E-state index in [4.69, 9.17) is 0 Å². The van der Waals surface area contributed by atoms with Crippen molar-refractivity contribution in [1.29, 1.82) is 0 Å². The molecule has 0 aliphatic heterocycles. The monoisotopic (exact) mass is 206 g/mol. The van der Waals surface area contributed by atoms with Gasteiger partial charge in [-0.1, -0.05) is 32.9 Å². The number of allylic oxidation sites excluding steroid dienone is 2. The summed E-state index contributed by atoms with van der Waals surface area (Å²) in [7, 11) is 0. The SMILES string of the molecule is CC(C)C1CC/C=C/CCC2CC2C1C. The lowest BCUT2D eigenvalue weighted by molar-refractivity contribution is 0.221. The van der Waals surface area contributed by atoms with Gasteiger partial charge in [0.15, 0.2) is 0 Å². The number of rotatable bonds is 1. The molecule has 0 aromatic carbocycles. The van der Waals surface area contributed by atoms with Crippen LogP contribution in [-0.2, 0) is 0 Å². The third kappa shape index (κ3) is 2.65. The molecular weight excluding hydrogens is 180 g/mol. The maximum Gasteiger partial charge on any atom is -0.0348 e. The van der Waals surface area contributed by atoms with Crippen molar-refractivity contribution in [3.8, 4) is 0 Å². The fourth-order valence-electron chi connectivity index (χ4n) is 3.60. The summed E-state index contributed by atoms with van der Waals surface area (Å²) < 4.78 is 0. The van der Waals surface area contributed by atoms with Crippen molar-refractivity contribution in [2.24, 2.45) is 29.6 Å². The molecular formula is C15H26. The summed E-state index contributed by atoms with van der Waals surface area (Å²) in [6.45, 7) is 7.34. The average Bonchev–Trinajstić information content (AvgIpc) is 2.94. The maximum absolute atomic E-state index is 2.51. The highest BCUT2D eigenvalue weighted by Crippen LogP contribution is 2.51. The number of hydrogen-bond donors (Lipinski definition) is 0. The Bertz CT molecular complexity index is 226. The average molecular weight is 206 g/mol. The van der Waals surface area contributed by atoms with Crippen LogP contribution in [0.1, 0.15) is 52.9 Å². The van der Waals surface area contributed by atoms with Crippen LogP contribution in [0, 0.1) is 29.6 Å². The molecule has 0 bridgehead atoms. The zero-order valence-electron chi connectivity index (χ0n) is 10.6. The molecule has 2 aliphatic carbocycles. The molecule has 1 saturated carbocycles. The van der Waals surface area contributed by atoms with Crippen molar-refractivity contribution in [3.05, 3.63) is 12.2 Å². The van der Waals surface area contributed by atoms with Crippen LogP contribution in [0.15, 0.2) is 12.2 Å². The summed E-state index contributed by atoms with van der Waals surface area (Å²) in [4.78, 5) is 0. The van der Waals surface area contributed by atoms with Crippen molar-refractivity contribution >= 4 is 0 Å². The van der Waals surface area contributed by atoms with Gasteiger partial charge in [0.2, 0.25) is 0 Å². The van der Waals surface area contributed by atoms with E-state index in [-0.39, 0.29) is 0 Å². The van der Waals surface area contributed by atoms with Crippen molar-refractivity contribution in [2.75, 3.05) is 0 Å². The van der Waals surface area contributed by atoms with E-state index in [2.05, 4.69) is 32.9 Å². The van der Waals surface area contributed by atoms with Crippen molar-refractivity contribution in [1.82, 2.24) is 0 Å². The van der Waals surface area contributed by atoms with Gasteiger partial charge >= 0.3 is 0 Å². The highest BCUT2D eigenvalue weighted by molar-refractivity contribution is 4.96. The molecule has 0 radical (unpaired) electrons. The number of fused-ring (bicyclic) bond motifs is 1. The molecule has 0 spiro atoms. The van der Waals surface area contributed by atoms with Crippen LogP contribution in [0.2, 0.25) is 0 Å². The molecule has 86 valence electrons. The van der Waals surface area contributed by atoms with E-state index in [1.54, 1.807) is 0 Å². The van der Waals surface area contributed by atoms with Gasteiger partial charge < -0.3 is 0 Å². The Morgan fingerprint density at radius 3 is 2.40 bits per heavy atom. The van der Waals surface area contributed by atoms with Crippen LogP contribution < -0.4 is 0 Å². The van der Waals surface area contributed by atoms with Crippen LogP contribution in [0.25, 0.3) is 0 Å². The molecule has 0 amide bonds. The van der Waals surface area contributed by atoms with Gasteiger partial charge in [-0.05, 0) is 61.7 Å². The highest BCUT2D eigenvalue weighted by Gasteiger charge is 2.43. The van der Waals surface area contributed by atoms with E-state index in [0.29, 0.717) is 0 Å². The fourth-order valence-corrected chi connectivity index (χ4v) is 3.60. The first-order valence-electron chi connectivity index (χ1n) is 6.85. The summed E-state index contributed by atoms with van der Waals surface area (Å²) in [6.07, 6.45) is 11.9. The van der Waals surface area contributed by atoms with Crippen LogP contribution >= 0.6 is 0 Å². The molecule has 0 N–H and O–H groups in total. The lowest BCUT2D eigenvalue weighted by Crippen LogP contribution is -2.20. The quantitative estimate of drug-likeness (QED) is 0.547. The van der Waals surface area contributed by atoms with E-state index in [1.807, 2.05) is 0 Å². The van der Waals surface area contributed by atoms with Gasteiger partial charge in [-0.2, -0.15) is 0 Å². The summed E-state index contributed by atoms with van der Waals surface area (Å²) in [5, 5.41) is 0. The first-order chi connectivity index (χ1) is 7.20. The van der Waals surface area contributed by atoms with E-state index >= 15 is 0 Å². The Morgan fingerprint density at radius 2 is 1.73 bits per heavy atom. The lowest BCUT2D eigenvalue weighted by Gasteiger charge is -2.28. The molecule has 4 unspecified atom stereocenters. The minimum Gasteiger partial charge on any atom is -0.0885 e. The first kappa shape index (κ1) is 11.2. The topological polar surface area (TPSA) is 0 Å². The second-order valence-electron chi connectivity index (χ2n) is 6.05. The third-order valence-corrected chi connectivity index (χ3v) is 4.72. The van der Waals surface area contributed by atoms with Crippen LogP contribution in [-0.4, -0.2) is 0 Å². The van der Waals surface area contributed by atoms with Crippen molar-refractivity contribution < 1.29 is 0 Å². The van der Waals surface area contributed by atoms with Crippen LogP contribution in [0.4, 0.5) is 0 Å². The molecule has 0 aromatic rings. The fraction of sp³-hybridized carbons (Fsp3) is 0.867. The minimum atomic E-state index is 0.870. The smallest absolute Gasteiger partial charge is 0.0348 e. The predicted octanol–water partition coefficient (Wildman–Crippen LogP) is 4.66. The van der Waals surface area contributed by atoms with Gasteiger partial charge in [0.1, 0.15) is 0 Å². The van der Waals surface area contributed by atoms with Crippen molar-refractivity contribution in [2.45, 2.75) is 52.9 Å². The molecule has 4 atom stereocenters. The Labute approximate surface area is 95.1 Å². The first-order valence-corrected chi connectivity index (χ1v) is 6.85. The molecule has 0 nitrogen and oxygen atoms in total. The summed E-state index contributed by atoms with van der Waals surface area (Å²) >= 11 is 0. The Kier molecular flexibility index (Phi) is 3.53. The summed E-state index contributed by atoms with van der Waals surface area (Å²) in [5.41, 5.74) is 0. The molecule has 15 heavy (non-hydrogen) atoms. The van der Waals surface area contributed by atoms with E-state index in [0.717, 1.165) is 29.6 Å². The Morgan fingerprint density at radius 1 is 1.07 bits per heavy atom. The van der Waals surface area contributed by atoms with Gasteiger partial charge in [-0.15, -0.1) is 0 Å². The molecule has 0 heteroatoms.